The highest BCUT2D eigenvalue weighted by molar-refractivity contribution is 5.79. The second kappa shape index (κ2) is 7.49. The predicted molar refractivity (Wildman–Crippen MR) is 101 cm³/mol. The van der Waals surface area contributed by atoms with E-state index in [0.717, 1.165) is 22.6 Å². The molecule has 7 heteroatoms. The summed E-state index contributed by atoms with van der Waals surface area (Å²) in [4.78, 5) is 4.40. The van der Waals surface area contributed by atoms with E-state index in [0.29, 0.717) is 24.8 Å². The number of aromatic nitrogens is 3. The monoisotopic (exact) mass is 364 g/mol. The van der Waals surface area contributed by atoms with Gasteiger partial charge in [-0.2, -0.15) is 4.98 Å². The fraction of sp³-hybridized carbons (Fsp3) is 0.250. The van der Waals surface area contributed by atoms with Crippen LogP contribution in [0.25, 0.3) is 11.3 Å². The van der Waals surface area contributed by atoms with Crippen LogP contribution >= 0.6 is 0 Å². The van der Waals surface area contributed by atoms with Crippen molar-refractivity contribution in [1.29, 1.82) is 0 Å². The fourth-order valence-electron chi connectivity index (χ4n) is 2.89. The van der Waals surface area contributed by atoms with Crippen molar-refractivity contribution in [3.63, 3.8) is 0 Å². The van der Waals surface area contributed by atoms with Gasteiger partial charge in [0.05, 0.1) is 13.2 Å². The van der Waals surface area contributed by atoms with E-state index in [1.807, 2.05) is 62.4 Å². The number of benzene rings is 2. The smallest absolute Gasteiger partial charge is 0.339 e. The molecule has 1 unspecified atom stereocenters. The SMILES string of the molecule is CCOc1ccc(C2Nc3ccccc3-c3nnc(OCC)nc3O2)cc1. The first kappa shape index (κ1) is 17.1. The summed E-state index contributed by atoms with van der Waals surface area (Å²) in [6, 6.07) is 15.8. The Balaban J connectivity index is 1.75. The number of fused-ring (bicyclic) bond motifs is 3. The van der Waals surface area contributed by atoms with E-state index in [4.69, 9.17) is 14.2 Å². The number of anilines is 1. The van der Waals surface area contributed by atoms with Crippen molar-refractivity contribution < 1.29 is 14.2 Å². The van der Waals surface area contributed by atoms with Gasteiger partial charge in [-0.1, -0.05) is 23.3 Å². The van der Waals surface area contributed by atoms with Crippen molar-refractivity contribution in [2.45, 2.75) is 20.1 Å². The van der Waals surface area contributed by atoms with Crippen molar-refractivity contribution in [1.82, 2.24) is 15.2 Å². The average molecular weight is 364 g/mol. The van der Waals surface area contributed by atoms with Gasteiger partial charge in [0, 0.05) is 16.8 Å². The Hall–Kier alpha value is -3.35. The molecule has 0 fully saturated rings. The van der Waals surface area contributed by atoms with Gasteiger partial charge in [-0.15, -0.1) is 5.10 Å². The van der Waals surface area contributed by atoms with Gasteiger partial charge in [-0.25, -0.2) is 0 Å². The summed E-state index contributed by atoms with van der Waals surface area (Å²) in [6.07, 6.45) is -0.436. The maximum absolute atomic E-state index is 6.17. The number of para-hydroxylation sites is 1. The number of ether oxygens (including phenoxy) is 3. The molecular formula is C20H20N4O3. The summed E-state index contributed by atoms with van der Waals surface area (Å²) in [5.41, 5.74) is 3.30. The van der Waals surface area contributed by atoms with Crippen molar-refractivity contribution in [2.24, 2.45) is 0 Å². The highest BCUT2D eigenvalue weighted by Crippen LogP contribution is 2.39. The molecule has 138 valence electrons. The van der Waals surface area contributed by atoms with Crippen LogP contribution in [-0.4, -0.2) is 28.4 Å². The summed E-state index contributed by atoms with van der Waals surface area (Å²) in [5.74, 6) is 1.20. The lowest BCUT2D eigenvalue weighted by Crippen LogP contribution is -2.17. The van der Waals surface area contributed by atoms with Gasteiger partial charge in [0.1, 0.15) is 5.75 Å². The number of hydrogen-bond donors (Lipinski definition) is 1. The number of rotatable bonds is 5. The molecule has 2 heterocycles. The van der Waals surface area contributed by atoms with Crippen LogP contribution in [0.15, 0.2) is 48.5 Å². The fourth-order valence-corrected chi connectivity index (χ4v) is 2.89. The Bertz CT molecular complexity index is 931. The molecule has 0 radical (unpaired) electrons. The second-order valence-electron chi connectivity index (χ2n) is 5.87. The highest BCUT2D eigenvalue weighted by atomic mass is 16.5. The zero-order chi connectivity index (χ0) is 18.6. The lowest BCUT2D eigenvalue weighted by atomic mass is 10.1. The van der Waals surface area contributed by atoms with Gasteiger partial charge in [0.2, 0.25) is 5.88 Å². The topological polar surface area (TPSA) is 78.4 Å². The summed E-state index contributed by atoms with van der Waals surface area (Å²) in [7, 11) is 0. The molecule has 1 aliphatic heterocycles. The van der Waals surface area contributed by atoms with Crippen LogP contribution in [0.5, 0.6) is 17.6 Å². The van der Waals surface area contributed by atoms with E-state index in [2.05, 4.69) is 20.5 Å². The summed E-state index contributed by atoms with van der Waals surface area (Å²) in [5, 5.41) is 11.7. The highest BCUT2D eigenvalue weighted by Gasteiger charge is 2.26. The maximum atomic E-state index is 6.17. The molecule has 2 aromatic carbocycles. The zero-order valence-corrected chi connectivity index (χ0v) is 15.2. The summed E-state index contributed by atoms with van der Waals surface area (Å²) >= 11 is 0. The van der Waals surface area contributed by atoms with E-state index in [1.54, 1.807) is 0 Å². The largest absolute Gasteiger partial charge is 0.494 e. The van der Waals surface area contributed by atoms with Crippen LogP contribution in [0.3, 0.4) is 0 Å². The van der Waals surface area contributed by atoms with Gasteiger partial charge >= 0.3 is 6.01 Å². The minimum absolute atomic E-state index is 0.195. The van der Waals surface area contributed by atoms with Crippen LogP contribution < -0.4 is 19.5 Å². The molecule has 0 amide bonds. The normalized spacial score (nSPS) is 14.8. The third-order valence-electron chi connectivity index (χ3n) is 4.10. The van der Waals surface area contributed by atoms with Gasteiger partial charge in [-0.3, -0.25) is 0 Å². The Morgan fingerprint density at radius 3 is 2.52 bits per heavy atom. The molecule has 0 saturated heterocycles. The lowest BCUT2D eigenvalue weighted by molar-refractivity contribution is 0.219. The van der Waals surface area contributed by atoms with E-state index in [1.165, 1.54) is 0 Å². The number of nitrogens with zero attached hydrogens (tertiary/aromatic N) is 3. The summed E-state index contributed by atoms with van der Waals surface area (Å²) < 4.78 is 17.1. The maximum Gasteiger partial charge on any atom is 0.339 e. The standard InChI is InChI=1S/C20H20N4O3/c1-3-25-14-11-9-13(10-12-14)18-21-16-8-6-5-7-15(16)17-19(27-18)22-20(24-23-17)26-4-2/h5-12,18,21H,3-4H2,1-2H3. The van der Waals surface area contributed by atoms with E-state index in [-0.39, 0.29) is 6.01 Å². The molecule has 1 aliphatic rings. The predicted octanol–water partition coefficient (Wildman–Crippen LogP) is 3.84. The Morgan fingerprint density at radius 1 is 0.963 bits per heavy atom. The Kier molecular flexibility index (Phi) is 4.74. The quantitative estimate of drug-likeness (QED) is 0.737. The van der Waals surface area contributed by atoms with Gasteiger partial charge in [0.15, 0.2) is 11.9 Å². The van der Waals surface area contributed by atoms with E-state index >= 15 is 0 Å². The number of nitrogens with one attached hydrogen (secondary N) is 1. The van der Waals surface area contributed by atoms with Crippen LogP contribution in [0.4, 0.5) is 5.69 Å². The molecule has 0 bridgehead atoms. The molecule has 1 atom stereocenters. The van der Waals surface area contributed by atoms with Gasteiger partial charge in [-0.05, 0) is 44.2 Å². The average Bonchev–Trinajstić information content (AvgIpc) is 2.85. The molecule has 7 nitrogen and oxygen atoms in total. The molecule has 0 saturated carbocycles. The van der Waals surface area contributed by atoms with Crippen molar-refractivity contribution >= 4 is 5.69 Å². The van der Waals surface area contributed by atoms with Crippen LogP contribution in [0, 0.1) is 0 Å². The van der Waals surface area contributed by atoms with Crippen LogP contribution in [0.1, 0.15) is 25.6 Å². The molecule has 27 heavy (non-hydrogen) atoms. The molecule has 3 aromatic rings. The third kappa shape index (κ3) is 3.48. The molecule has 0 aliphatic carbocycles. The minimum atomic E-state index is -0.436. The van der Waals surface area contributed by atoms with Gasteiger partial charge < -0.3 is 19.5 Å². The Labute approximate surface area is 157 Å². The van der Waals surface area contributed by atoms with Gasteiger partial charge in [0.25, 0.3) is 0 Å². The van der Waals surface area contributed by atoms with Crippen molar-refractivity contribution in [3.8, 4) is 28.9 Å². The molecule has 1 aromatic heterocycles. The molecular weight excluding hydrogens is 344 g/mol. The van der Waals surface area contributed by atoms with Crippen LogP contribution in [-0.2, 0) is 0 Å². The lowest BCUT2D eigenvalue weighted by Gasteiger charge is -2.19. The van der Waals surface area contributed by atoms with E-state index < -0.39 is 6.23 Å². The van der Waals surface area contributed by atoms with Crippen LogP contribution in [0.2, 0.25) is 0 Å². The van der Waals surface area contributed by atoms with Crippen molar-refractivity contribution in [2.75, 3.05) is 18.5 Å². The zero-order valence-electron chi connectivity index (χ0n) is 15.2. The summed E-state index contributed by atoms with van der Waals surface area (Å²) in [6.45, 7) is 4.91. The first-order valence-corrected chi connectivity index (χ1v) is 8.91. The molecule has 0 spiro atoms. The molecule has 4 rings (SSSR count). The minimum Gasteiger partial charge on any atom is -0.494 e. The molecule has 1 N–H and O–H groups in total. The first-order valence-electron chi connectivity index (χ1n) is 8.91. The van der Waals surface area contributed by atoms with E-state index in [9.17, 15) is 0 Å². The number of hydrogen-bond acceptors (Lipinski definition) is 7. The third-order valence-corrected chi connectivity index (χ3v) is 4.10. The Morgan fingerprint density at radius 2 is 1.74 bits per heavy atom. The first-order chi connectivity index (χ1) is 13.3. The van der Waals surface area contributed by atoms with Crippen molar-refractivity contribution in [3.05, 3.63) is 54.1 Å². The second-order valence-corrected chi connectivity index (χ2v) is 5.87.